The van der Waals surface area contributed by atoms with Crippen molar-refractivity contribution in [2.24, 2.45) is 32.5 Å². The van der Waals surface area contributed by atoms with E-state index < -0.39 is 0 Å². The second-order valence-electron chi connectivity index (χ2n) is 21.0. The molecule has 0 spiro atoms. The van der Waals surface area contributed by atoms with Crippen LogP contribution in [0.5, 0.6) is 0 Å². The van der Waals surface area contributed by atoms with E-state index in [1.165, 1.54) is 0 Å². The standard InChI is InChI=1S/C42H83N3O3/c1-37(2,3)21-18-19-34(46)43(15)31-28-40(9,10)24-23-39(7,8)22-20-35(47)44(16)32-29-41(11,12)25-26-42(13,14)33-36(48)45(17)30-27-38(4,5)6/h18-33H2,1-17H3. The molecule has 3 amide bonds. The molecule has 0 heterocycles. The van der Waals surface area contributed by atoms with Gasteiger partial charge in [0.25, 0.3) is 0 Å². The van der Waals surface area contributed by atoms with Crippen molar-refractivity contribution >= 4 is 17.7 Å². The van der Waals surface area contributed by atoms with E-state index in [9.17, 15) is 14.4 Å². The minimum atomic E-state index is -0.0501. The van der Waals surface area contributed by atoms with Gasteiger partial charge >= 0.3 is 0 Å². The largest absolute Gasteiger partial charge is 0.346 e. The fourth-order valence-electron chi connectivity index (χ4n) is 5.78. The van der Waals surface area contributed by atoms with Crippen molar-refractivity contribution in [2.75, 3.05) is 40.8 Å². The van der Waals surface area contributed by atoms with Crippen LogP contribution < -0.4 is 0 Å². The molecule has 0 radical (unpaired) electrons. The summed E-state index contributed by atoms with van der Waals surface area (Å²) in [6, 6.07) is 0. The minimum Gasteiger partial charge on any atom is -0.346 e. The van der Waals surface area contributed by atoms with Gasteiger partial charge in [0.15, 0.2) is 0 Å². The highest BCUT2D eigenvalue weighted by Gasteiger charge is 2.30. The predicted octanol–water partition coefficient (Wildman–Crippen LogP) is 10.6. The number of nitrogens with zero attached hydrogens (tertiary/aromatic N) is 3. The summed E-state index contributed by atoms with van der Waals surface area (Å²) in [6.07, 6.45) is 11.8. The fraction of sp³-hybridized carbons (Fsp3) is 0.929. The molecular weight excluding hydrogens is 594 g/mol. The van der Waals surface area contributed by atoms with E-state index in [1.54, 1.807) is 0 Å². The Hall–Kier alpha value is -1.59. The summed E-state index contributed by atoms with van der Waals surface area (Å²) in [5.41, 5.74) is 0.784. The first kappa shape index (κ1) is 46.4. The number of carbonyl (C=O) groups excluding carboxylic acids is 3. The highest BCUT2D eigenvalue weighted by molar-refractivity contribution is 5.77. The second kappa shape index (κ2) is 19.1. The Morgan fingerprint density at radius 1 is 0.375 bits per heavy atom. The molecule has 0 rings (SSSR count). The molecule has 0 saturated carbocycles. The van der Waals surface area contributed by atoms with Crippen molar-refractivity contribution < 1.29 is 14.4 Å². The number of hydrogen-bond acceptors (Lipinski definition) is 3. The third kappa shape index (κ3) is 22.9. The average molecular weight is 678 g/mol. The first-order valence-electron chi connectivity index (χ1n) is 19.2. The van der Waals surface area contributed by atoms with Gasteiger partial charge in [0.05, 0.1) is 0 Å². The molecular formula is C42H83N3O3. The maximum Gasteiger partial charge on any atom is 0.222 e. The van der Waals surface area contributed by atoms with Gasteiger partial charge in [-0.25, -0.2) is 0 Å². The predicted molar refractivity (Wildman–Crippen MR) is 207 cm³/mol. The van der Waals surface area contributed by atoms with E-state index >= 15 is 0 Å². The molecule has 48 heavy (non-hydrogen) atoms. The monoisotopic (exact) mass is 678 g/mol. The lowest BCUT2D eigenvalue weighted by Crippen LogP contribution is -2.34. The van der Waals surface area contributed by atoms with E-state index in [0.717, 1.165) is 83.8 Å². The van der Waals surface area contributed by atoms with E-state index in [0.29, 0.717) is 19.3 Å². The van der Waals surface area contributed by atoms with Crippen LogP contribution in [-0.4, -0.2) is 73.2 Å². The molecule has 6 heteroatoms. The molecule has 0 aliphatic rings. The van der Waals surface area contributed by atoms with Crippen molar-refractivity contribution in [2.45, 2.75) is 180 Å². The molecule has 0 aromatic rings. The SMILES string of the molecule is CN(CCC(C)(C)CCC(C)(C)CCC(=O)N(C)CCC(C)(C)CCC(C)(C)CC(=O)N(C)CCC(C)(C)C)C(=O)CCCC(C)(C)C. The van der Waals surface area contributed by atoms with Crippen LogP contribution in [0.3, 0.4) is 0 Å². The van der Waals surface area contributed by atoms with Crippen LogP contribution >= 0.6 is 0 Å². The smallest absolute Gasteiger partial charge is 0.222 e. The zero-order valence-corrected chi connectivity index (χ0v) is 35.4. The zero-order chi connectivity index (χ0) is 37.8. The third-order valence-corrected chi connectivity index (χ3v) is 10.6. The minimum absolute atomic E-state index is 0.0501. The molecule has 0 aliphatic carbocycles. The van der Waals surface area contributed by atoms with E-state index in [4.69, 9.17) is 0 Å². The van der Waals surface area contributed by atoms with Crippen LogP contribution in [0.4, 0.5) is 0 Å². The number of amides is 3. The second-order valence-corrected chi connectivity index (χ2v) is 21.0. The Balaban J connectivity index is 4.63. The van der Waals surface area contributed by atoms with Gasteiger partial charge < -0.3 is 14.7 Å². The molecule has 284 valence electrons. The van der Waals surface area contributed by atoms with Crippen molar-refractivity contribution in [3.05, 3.63) is 0 Å². The quantitative estimate of drug-likeness (QED) is 0.115. The summed E-state index contributed by atoms with van der Waals surface area (Å²) in [5.74, 6) is 0.724. The zero-order valence-electron chi connectivity index (χ0n) is 35.4. The highest BCUT2D eigenvalue weighted by atomic mass is 16.2. The van der Waals surface area contributed by atoms with Crippen molar-refractivity contribution in [1.29, 1.82) is 0 Å². The van der Waals surface area contributed by atoms with Gasteiger partial charge in [-0.2, -0.15) is 0 Å². The van der Waals surface area contributed by atoms with Crippen molar-refractivity contribution in [3.8, 4) is 0 Å². The molecule has 0 aliphatic heterocycles. The van der Waals surface area contributed by atoms with Gasteiger partial charge in [0.1, 0.15) is 0 Å². The average Bonchev–Trinajstić information content (AvgIpc) is 2.93. The normalized spacial score (nSPS) is 13.4. The van der Waals surface area contributed by atoms with Gasteiger partial charge in [-0.3, -0.25) is 14.4 Å². The summed E-state index contributed by atoms with van der Waals surface area (Å²) in [7, 11) is 5.83. The fourth-order valence-corrected chi connectivity index (χ4v) is 5.78. The topological polar surface area (TPSA) is 60.9 Å². The Bertz CT molecular complexity index is 981. The Labute approximate surface area is 299 Å². The Kier molecular flexibility index (Phi) is 18.5. The third-order valence-electron chi connectivity index (χ3n) is 10.6. The van der Waals surface area contributed by atoms with Crippen molar-refractivity contribution in [3.63, 3.8) is 0 Å². The van der Waals surface area contributed by atoms with E-state index in [-0.39, 0.29) is 50.2 Å². The Morgan fingerprint density at radius 3 is 1.12 bits per heavy atom. The molecule has 0 atom stereocenters. The molecule has 0 saturated heterocycles. The van der Waals surface area contributed by atoms with Gasteiger partial charge in [0, 0.05) is 60.0 Å². The van der Waals surface area contributed by atoms with Gasteiger partial charge in [0.2, 0.25) is 17.7 Å². The van der Waals surface area contributed by atoms with Crippen LogP contribution in [-0.2, 0) is 14.4 Å². The molecule has 6 nitrogen and oxygen atoms in total. The van der Waals surface area contributed by atoms with Gasteiger partial charge in [-0.15, -0.1) is 0 Å². The first-order chi connectivity index (χ1) is 21.4. The summed E-state index contributed by atoms with van der Waals surface area (Å²) < 4.78 is 0. The van der Waals surface area contributed by atoms with Crippen LogP contribution in [0, 0.1) is 32.5 Å². The maximum atomic E-state index is 13.1. The molecule has 0 bridgehead atoms. The summed E-state index contributed by atoms with van der Waals surface area (Å²) in [4.78, 5) is 44.4. The first-order valence-corrected chi connectivity index (χ1v) is 19.2. The van der Waals surface area contributed by atoms with Crippen LogP contribution in [0.1, 0.15) is 180 Å². The molecule has 0 fully saturated rings. The summed E-state index contributed by atoms with van der Waals surface area (Å²) >= 11 is 0. The van der Waals surface area contributed by atoms with E-state index in [2.05, 4.69) is 96.9 Å². The van der Waals surface area contributed by atoms with Crippen LogP contribution in [0.2, 0.25) is 0 Å². The van der Waals surface area contributed by atoms with Crippen LogP contribution in [0.15, 0.2) is 0 Å². The molecule has 0 N–H and O–H groups in total. The number of rotatable bonds is 22. The lowest BCUT2D eigenvalue weighted by Gasteiger charge is -2.34. The lowest BCUT2D eigenvalue weighted by molar-refractivity contribution is -0.133. The van der Waals surface area contributed by atoms with Crippen molar-refractivity contribution in [1.82, 2.24) is 14.7 Å². The summed E-state index contributed by atoms with van der Waals surface area (Å²) in [5, 5.41) is 0. The van der Waals surface area contributed by atoms with Gasteiger partial charge in [-0.1, -0.05) is 96.9 Å². The molecule has 0 aromatic heterocycles. The van der Waals surface area contributed by atoms with Gasteiger partial charge in [-0.05, 0) is 96.7 Å². The van der Waals surface area contributed by atoms with Crippen LogP contribution in [0.25, 0.3) is 0 Å². The maximum absolute atomic E-state index is 13.1. The summed E-state index contributed by atoms with van der Waals surface area (Å²) in [6.45, 7) is 33.9. The number of hydrogen-bond donors (Lipinski definition) is 0. The lowest BCUT2D eigenvalue weighted by atomic mass is 9.75. The molecule has 0 unspecified atom stereocenters. The number of carbonyl (C=O) groups is 3. The Morgan fingerprint density at radius 2 is 0.708 bits per heavy atom. The van der Waals surface area contributed by atoms with E-state index in [1.807, 2.05) is 35.8 Å². The highest BCUT2D eigenvalue weighted by Crippen LogP contribution is 2.38. The molecule has 0 aromatic carbocycles.